The molecule has 1 aromatic rings. The molecular weight excluding hydrogens is 250 g/mol. The normalized spacial score (nSPS) is 24.6. The predicted molar refractivity (Wildman–Crippen MR) is 79.9 cm³/mol. The molecular formula is C17H25NO2. The molecule has 0 aromatic heterocycles. The number of benzene rings is 1. The second kappa shape index (κ2) is 5.74. The monoisotopic (exact) mass is 275 g/mol. The molecule has 2 atom stereocenters. The molecule has 1 aliphatic heterocycles. The maximum atomic E-state index is 9.94. The summed E-state index contributed by atoms with van der Waals surface area (Å²) in [5.41, 5.74) is 1.30. The van der Waals surface area contributed by atoms with E-state index in [0.717, 1.165) is 37.9 Å². The molecule has 3 nitrogen and oxygen atoms in total. The molecule has 110 valence electrons. The SMILES string of the molecule is CCCC(O)CNC1CC2(CCC2)Oc2ccccc21. The van der Waals surface area contributed by atoms with E-state index < -0.39 is 0 Å². The van der Waals surface area contributed by atoms with Crippen LogP contribution < -0.4 is 10.1 Å². The summed E-state index contributed by atoms with van der Waals surface area (Å²) in [7, 11) is 0. The summed E-state index contributed by atoms with van der Waals surface area (Å²) in [6, 6.07) is 8.64. The van der Waals surface area contributed by atoms with Crippen LogP contribution in [0.2, 0.25) is 0 Å². The zero-order chi connectivity index (χ0) is 14.0. The van der Waals surface area contributed by atoms with Crippen LogP contribution in [0.4, 0.5) is 0 Å². The molecule has 0 radical (unpaired) electrons. The Bertz CT molecular complexity index is 456. The Labute approximate surface area is 121 Å². The minimum atomic E-state index is -0.243. The van der Waals surface area contributed by atoms with Crippen molar-refractivity contribution in [1.29, 1.82) is 0 Å². The van der Waals surface area contributed by atoms with Gasteiger partial charge in [-0.15, -0.1) is 0 Å². The van der Waals surface area contributed by atoms with Gasteiger partial charge >= 0.3 is 0 Å². The number of rotatable bonds is 5. The maximum absolute atomic E-state index is 9.94. The maximum Gasteiger partial charge on any atom is 0.124 e. The van der Waals surface area contributed by atoms with E-state index in [1.165, 1.54) is 12.0 Å². The lowest BCUT2D eigenvalue weighted by atomic mass is 9.73. The lowest BCUT2D eigenvalue weighted by Crippen LogP contribution is -2.49. The zero-order valence-corrected chi connectivity index (χ0v) is 12.3. The molecule has 3 heteroatoms. The highest BCUT2D eigenvalue weighted by Gasteiger charge is 2.45. The van der Waals surface area contributed by atoms with E-state index in [4.69, 9.17) is 4.74 Å². The van der Waals surface area contributed by atoms with E-state index in [0.29, 0.717) is 12.6 Å². The van der Waals surface area contributed by atoms with Crippen LogP contribution in [0.1, 0.15) is 57.1 Å². The van der Waals surface area contributed by atoms with Crippen LogP contribution in [0.5, 0.6) is 5.75 Å². The highest BCUT2D eigenvalue weighted by Crippen LogP contribution is 2.48. The fraction of sp³-hybridized carbons (Fsp3) is 0.647. The summed E-state index contributed by atoms with van der Waals surface area (Å²) in [6.07, 6.45) is 6.28. The van der Waals surface area contributed by atoms with Crippen molar-refractivity contribution in [2.24, 2.45) is 0 Å². The minimum absolute atomic E-state index is 0.0573. The second-order valence-corrected chi connectivity index (χ2v) is 6.28. The molecule has 0 saturated heterocycles. The first-order valence-electron chi connectivity index (χ1n) is 7.92. The number of para-hydroxylation sites is 1. The van der Waals surface area contributed by atoms with E-state index in [2.05, 4.69) is 30.4 Å². The topological polar surface area (TPSA) is 41.5 Å². The predicted octanol–water partition coefficient (Wildman–Crippen LogP) is 3.18. The number of hydrogen-bond donors (Lipinski definition) is 2. The standard InChI is InChI=1S/C17H25NO2/c1-2-6-13(19)12-18-15-11-17(9-5-10-17)20-16-8-4-3-7-14(15)16/h3-4,7-8,13,15,18-19H,2,5-6,9-12H2,1H3. The van der Waals surface area contributed by atoms with Gasteiger partial charge in [-0.25, -0.2) is 0 Å². The molecule has 3 rings (SSSR count). The van der Waals surface area contributed by atoms with Crippen molar-refractivity contribution < 1.29 is 9.84 Å². The average Bonchev–Trinajstić information content (AvgIpc) is 2.43. The van der Waals surface area contributed by atoms with Gasteiger partial charge in [-0.05, 0) is 31.7 Å². The third kappa shape index (κ3) is 2.70. The summed E-state index contributed by atoms with van der Waals surface area (Å²) >= 11 is 0. The molecule has 2 aliphatic rings. The molecule has 1 heterocycles. The van der Waals surface area contributed by atoms with Crippen molar-refractivity contribution in [2.45, 2.75) is 63.2 Å². The molecule has 0 bridgehead atoms. The van der Waals surface area contributed by atoms with Crippen molar-refractivity contribution >= 4 is 0 Å². The fourth-order valence-corrected chi connectivity index (χ4v) is 3.39. The highest BCUT2D eigenvalue weighted by molar-refractivity contribution is 5.39. The van der Waals surface area contributed by atoms with Gasteiger partial charge in [0.15, 0.2) is 0 Å². The molecule has 20 heavy (non-hydrogen) atoms. The van der Waals surface area contributed by atoms with Gasteiger partial charge in [-0.3, -0.25) is 0 Å². The van der Waals surface area contributed by atoms with Crippen LogP contribution in [0.25, 0.3) is 0 Å². The number of aliphatic hydroxyl groups excluding tert-OH is 1. The largest absolute Gasteiger partial charge is 0.487 e. The Hall–Kier alpha value is -1.06. The fourth-order valence-electron chi connectivity index (χ4n) is 3.39. The summed E-state index contributed by atoms with van der Waals surface area (Å²) < 4.78 is 6.24. The number of fused-ring (bicyclic) bond motifs is 1. The second-order valence-electron chi connectivity index (χ2n) is 6.28. The third-order valence-electron chi connectivity index (χ3n) is 4.68. The molecule has 1 fully saturated rings. The van der Waals surface area contributed by atoms with Gasteiger partial charge < -0.3 is 15.2 Å². The quantitative estimate of drug-likeness (QED) is 0.867. The van der Waals surface area contributed by atoms with Crippen molar-refractivity contribution in [2.75, 3.05) is 6.54 Å². The lowest BCUT2D eigenvalue weighted by molar-refractivity contribution is -0.0379. The summed E-state index contributed by atoms with van der Waals surface area (Å²) in [5.74, 6) is 1.03. The van der Waals surface area contributed by atoms with Crippen molar-refractivity contribution in [1.82, 2.24) is 5.32 Å². The van der Waals surface area contributed by atoms with Crippen LogP contribution in [0, 0.1) is 0 Å². The molecule has 1 aliphatic carbocycles. The van der Waals surface area contributed by atoms with E-state index in [1.54, 1.807) is 0 Å². The van der Waals surface area contributed by atoms with Crippen molar-refractivity contribution in [3.63, 3.8) is 0 Å². The Morgan fingerprint density at radius 1 is 1.40 bits per heavy atom. The number of ether oxygens (including phenoxy) is 1. The van der Waals surface area contributed by atoms with E-state index in [1.807, 2.05) is 6.07 Å². The number of nitrogens with one attached hydrogen (secondary N) is 1. The average molecular weight is 275 g/mol. The summed E-state index contributed by atoms with van der Waals surface area (Å²) in [4.78, 5) is 0. The number of aliphatic hydroxyl groups is 1. The van der Waals surface area contributed by atoms with E-state index >= 15 is 0 Å². The Balaban J connectivity index is 1.72. The van der Waals surface area contributed by atoms with Gasteiger partial charge in [0.1, 0.15) is 11.4 Å². The first-order chi connectivity index (χ1) is 9.72. The van der Waals surface area contributed by atoms with Crippen LogP contribution >= 0.6 is 0 Å². The first-order valence-corrected chi connectivity index (χ1v) is 7.92. The summed E-state index contributed by atoms with van der Waals surface area (Å²) in [5, 5.41) is 13.5. The van der Waals surface area contributed by atoms with Gasteiger partial charge in [0.25, 0.3) is 0 Å². The van der Waals surface area contributed by atoms with E-state index in [-0.39, 0.29) is 11.7 Å². The van der Waals surface area contributed by atoms with Gasteiger partial charge in [0, 0.05) is 24.6 Å². The minimum Gasteiger partial charge on any atom is -0.487 e. The molecule has 1 spiro atoms. The Kier molecular flexibility index (Phi) is 3.99. The van der Waals surface area contributed by atoms with Crippen LogP contribution in [-0.2, 0) is 0 Å². The lowest BCUT2D eigenvalue weighted by Gasteiger charge is -2.48. The van der Waals surface area contributed by atoms with Gasteiger partial charge in [0.2, 0.25) is 0 Å². The van der Waals surface area contributed by atoms with Crippen molar-refractivity contribution in [3.05, 3.63) is 29.8 Å². The Morgan fingerprint density at radius 3 is 2.90 bits per heavy atom. The summed E-state index contributed by atoms with van der Waals surface area (Å²) in [6.45, 7) is 2.78. The molecule has 0 amide bonds. The highest BCUT2D eigenvalue weighted by atomic mass is 16.5. The van der Waals surface area contributed by atoms with Gasteiger partial charge in [-0.1, -0.05) is 31.5 Å². The smallest absolute Gasteiger partial charge is 0.124 e. The molecule has 2 N–H and O–H groups in total. The molecule has 1 saturated carbocycles. The molecule has 2 unspecified atom stereocenters. The van der Waals surface area contributed by atoms with Crippen LogP contribution in [0.15, 0.2) is 24.3 Å². The van der Waals surface area contributed by atoms with Crippen LogP contribution in [0.3, 0.4) is 0 Å². The molecule has 1 aromatic carbocycles. The zero-order valence-electron chi connectivity index (χ0n) is 12.3. The Morgan fingerprint density at radius 2 is 2.20 bits per heavy atom. The van der Waals surface area contributed by atoms with Crippen molar-refractivity contribution in [3.8, 4) is 5.75 Å². The first kappa shape index (κ1) is 13.9. The van der Waals surface area contributed by atoms with Gasteiger partial charge in [0.05, 0.1) is 6.10 Å². The van der Waals surface area contributed by atoms with Gasteiger partial charge in [-0.2, -0.15) is 0 Å². The van der Waals surface area contributed by atoms with E-state index in [9.17, 15) is 5.11 Å². The third-order valence-corrected chi connectivity index (χ3v) is 4.68. The number of hydrogen-bond acceptors (Lipinski definition) is 3. The van der Waals surface area contributed by atoms with Crippen LogP contribution in [-0.4, -0.2) is 23.4 Å².